The van der Waals surface area contributed by atoms with Crippen LogP contribution in [0.25, 0.3) is 0 Å². The molecule has 0 saturated heterocycles. The van der Waals surface area contributed by atoms with Gasteiger partial charge in [-0.05, 0) is 37.1 Å². The number of benzene rings is 1. The first-order valence-corrected chi connectivity index (χ1v) is 6.55. The Hall–Kier alpha value is -1.82. The van der Waals surface area contributed by atoms with Crippen LogP contribution in [0.15, 0.2) is 22.8 Å². The minimum Gasteiger partial charge on any atom is -0.396 e. The molecule has 0 aliphatic heterocycles. The molecule has 0 atom stereocenters. The zero-order valence-corrected chi connectivity index (χ0v) is 12.6. The number of amides is 1. The van der Waals surface area contributed by atoms with Crippen molar-refractivity contribution in [2.75, 3.05) is 11.1 Å². The fourth-order valence-electron chi connectivity index (χ4n) is 1.94. The minimum absolute atomic E-state index is 0.265. The van der Waals surface area contributed by atoms with Crippen LogP contribution in [-0.4, -0.2) is 15.7 Å². The van der Waals surface area contributed by atoms with Gasteiger partial charge in [0, 0.05) is 17.2 Å². The molecule has 1 amide bonds. The van der Waals surface area contributed by atoms with E-state index in [0.717, 1.165) is 21.3 Å². The molecular weight excluding hydrogens is 308 g/mol. The van der Waals surface area contributed by atoms with Crippen molar-refractivity contribution in [2.45, 2.75) is 13.8 Å². The second kappa shape index (κ2) is 5.05. The largest absolute Gasteiger partial charge is 0.396 e. The second-order valence-electron chi connectivity index (χ2n) is 4.45. The number of hydrogen-bond acceptors (Lipinski definition) is 3. The van der Waals surface area contributed by atoms with Gasteiger partial charge in [0.1, 0.15) is 5.69 Å². The SMILES string of the molecule is Cc1cc(NC(=O)c2c(N)cnn2C)cc(C)c1Br. The van der Waals surface area contributed by atoms with Crippen LogP contribution in [0.5, 0.6) is 0 Å². The van der Waals surface area contributed by atoms with Crippen molar-refractivity contribution < 1.29 is 4.79 Å². The van der Waals surface area contributed by atoms with Crippen molar-refractivity contribution in [3.63, 3.8) is 0 Å². The summed E-state index contributed by atoms with van der Waals surface area (Å²) in [6.07, 6.45) is 1.47. The highest BCUT2D eigenvalue weighted by atomic mass is 79.9. The maximum atomic E-state index is 12.2. The molecular formula is C13H15BrN4O. The van der Waals surface area contributed by atoms with Crippen LogP contribution >= 0.6 is 15.9 Å². The first-order chi connectivity index (χ1) is 8.90. The zero-order valence-electron chi connectivity index (χ0n) is 11.0. The predicted octanol–water partition coefficient (Wildman–Crippen LogP) is 2.63. The van der Waals surface area contributed by atoms with Crippen LogP contribution < -0.4 is 11.1 Å². The lowest BCUT2D eigenvalue weighted by molar-refractivity contribution is 0.101. The molecule has 3 N–H and O–H groups in total. The monoisotopic (exact) mass is 322 g/mol. The number of aromatic nitrogens is 2. The molecule has 0 fully saturated rings. The molecule has 19 heavy (non-hydrogen) atoms. The number of nitrogens with two attached hydrogens (primary N) is 1. The van der Waals surface area contributed by atoms with E-state index in [4.69, 9.17) is 5.73 Å². The van der Waals surface area contributed by atoms with E-state index in [2.05, 4.69) is 26.3 Å². The van der Waals surface area contributed by atoms with Crippen molar-refractivity contribution in [1.82, 2.24) is 9.78 Å². The number of nitrogens with zero attached hydrogens (tertiary/aromatic N) is 2. The summed E-state index contributed by atoms with van der Waals surface area (Å²) in [6, 6.07) is 3.81. The number of nitrogen functional groups attached to an aromatic ring is 1. The van der Waals surface area contributed by atoms with Gasteiger partial charge in [0.2, 0.25) is 0 Å². The molecule has 6 heteroatoms. The summed E-state index contributed by atoms with van der Waals surface area (Å²) in [7, 11) is 1.68. The van der Waals surface area contributed by atoms with Crippen molar-refractivity contribution in [2.24, 2.45) is 7.05 Å². The summed E-state index contributed by atoms with van der Waals surface area (Å²) in [6.45, 7) is 3.95. The van der Waals surface area contributed by atoms with Gasteiger partial charge in [-0.25, -0.2) is 0 Å². The minimum atomic E-state index is -0.265. The Morgan fingerprint density at radius 3 is 2.42 bits per heavy atom. The molecule has 2 rings (SSSR count). The van der Waals surface area contributed by atoms with Crippen molar-refractivity contribution in [3.05, 3.63) is 39.6 Å². The van der Waals surface area contributed by atoms with Gasteiger partial charge < -0.3 is 11.1 Å². The van der Waals surface area contributed by atoms with Gasteiger partial charge in [-0.2, -0.15) is 5.10 Å². The fraction of sp³-hybridized carbons (Fsp3) is 0.231. The number of carbonyl (C=O) groups is 1. The molecule has 0 aliphatic rings. The molecule has 0 saturated carbocycles. The lowest BCUT2D eigenvalue weighted by Crippen LogP contribution is -2.17. The fourth-order valence-corrected chi connectivity index (χ4v) is 2.17. The summed E-state index contributed by atoms with van der Waals surface area (Å²) in [5.41, 5.74) is 9.32. The average molecular weight is 323 g/mol. The maximum Gasteiger partial charge on any atom is 0.276 e. The van der Waals surface area contributed by atoms with Gasteiger partial charge in [0.25, 0.3) is 5.91 Å². The summed E-state index contributed by atoms with van der Waals surface area (Å²) in [5.74, 6) is -0.265. The number of halogens is 1. The molecule has 1 aromatic carbocycles. The molecule has 100 valence electrons. The third-order valence-electron chi connectivity index (χ3n) is 2.88. The van der Waals surface area contributed by atoms with E-state index < -0.39 is 0 Å². The highest BCUT2D eigenvalue weighted by Crippen LogP contribution is 2.25. The number of anilines is 2. The number of hydrogen-bond donors (Lipinski definition) is 2. The molecule has 0 spiro atoms. The van der Waals surface area contributed by atoms with E-state index in [0.29, 0.717) is 11.4 Å². The van der Waals surface area contributed by atoms with Crippen LogP contribution in [0.2, 0.25) is 0 Å². The first-order valence-electron chi connectivity index (χ1n) is 5.75. The van der Waals surface area contributed by atoms with Crippen molar-refractivity contribution in [3.8, 4) is 0 Å². The number of carbonyl (C=O) groups excluding carboxylic acids is 1. The number of nitrogens with one attached hydrogen (secondary N) is 1. The Labute approximate surface area is 119 Å². The number of aryl methyl sites for hydroxylation is 3. The first kappa shape index (κ1) is 13.6. The van der Waals surface area contributed by atoms with Gasteiger partial charge >= 0.3 is 0 Å². The standard InChI is InChI=1S/C13H15BrN4O/c1-7-4-9(5-8(2)11(7)14)17-13(19)12-10(15)6-16-18(12)3/h4-6H,15H2,1-3H3,(H,17,19). The van der Waals surface area contributed by atoms with Crippen LogP contribution in [0, 0.1) is 13.8 Å². The Balaban J connectivity index is 2.30. The molecule has 0 bridgehead atoms. The molecule has 2 aromatic rings. The third kappa shape index (κ3) is 2.63. The maximum absolute atomic E-state index is 12.2. The van der Waals surface area contributed by atoms with Gasteiger partial charge in [0.05, 0.1) is 11.9 Å². The van der Waals surface area contributed by atoms with Gasteiger partial charge in [-0.3, -0.25) is 9.48 Å². The molecule has 1 heterocycles. The van der Waals surface area contributed by atoms with E-state index >= 15 is 0 Å². The van der Waals surface area contributed by atoms with Crippen LogP contribution in [0.4, 0.5) is 11.4 Å². The summed E-state index contributed by atoms with van der Waals surface area (Å²) in [4.78, 5) is 12.2. The molecule has 0 unspecified atom stereocenters. The Morgan fingerprint density at radius 1 is 1.37 bits per heavy atom. The molecule has 5 nitrogen and oxygen atoms in total. The van der Waals surface area contributed by atoms with Gasteiger partial charge in [-0.15, -0.1) is 0 Å². The van der Waals surface area contributed by atoms with Crippen molar-refractivity contribution >= 4 is 33.2 Å². The molecule has 1 aromatic heterocycles. The van der Waals surface area contributed by atoms with Gasteiger partial charge in [0.15, 0.2) is 0 Å². The number of rotatable bonds is 2. The molecule has 0 radical (unpaired) electrons. The van der Waals surface area contributed by atoms with E-state index in [9.17, 15) is 4.79 Å². The summed E-state index contributed by atoms with van der Waals surface area (Å²) in [5, 5.41) is 6.79. The van der Waals surface area contributed by atoms with Crippen molar-refractivity contribution in [1.29, 1.82) is 0 Å². The lowest BCUT2D eigenvalue weighted by atomic mass is 10.1. The Morgan fingerprint density at radius 2 is 1.95 bits per heavy atom. The van der Waals surface area contributed by atoms with Gasteiger partial charge in [-0.1, -0.05) is 15.9 Å². The quantitative estimate of drug-likeness (QED) is 0.892. The Bertz CT molecular complexity index is 606. The topological polar surface area (TPSA) is 72.9 Å². The highest BCUT2D eigenvalue weighted by molar-refractivity contribution is 9.10. The van der Waals surface area contributed by atoms with E-state index in [1.807, 2.05) is 26.0 Å². The van der Waals surface area contributed by atoms with E-state index in [1.165, 1.54) is 10.9 Å². The predicted molar refractivity (Wildman–Crippen MR) is 79.2 cm³/mol. The average Bonchev–Trinajstić information content (AvgIpc) is 2.66. The summed E-state index contributed by atoms with van der Waals surface area (Å²) < 4.78 is 2.51. The molecule has 0 aliphatic carbocycles. The second-order valence-corrected chi connectivity index (χ2v) is 5.24. The smallest absolute Gasteiger partial charge is 0.276 e. The van der Waals surface area contributed by atoms with E-state index in [1.54, 1.807) is 7.05 Å². The summed E-state index contributed by atoms with van der Waals surface area (Å²) >= 11 is 3.49. The van der Waals surface area contributed by atoms with E-state index in [-0.39, 0.29) is 5.91 Å². The normalized spacial score (nSPS) is 10.5. The zero-order chi connectivity index (χ0) is 14.2. The van der Waals surface area contributed by atoms with Crippen LogP contribution in [-0.2, 0) is 7.05 Å². The lowest BCUT2D eigenvalue weighted by Gasteiger charge is -2.10. The highest BCUT2D eigenvalue weighted by Gasteiger charge is 2.15. The van der Waals surface area contributed by atoms with Crippen LogP contribution in [0.3, 0.4) is 0 Å². The third-order valence-corrected chi connectivity index (χ3v) is 4.13. The van der Waals surface area contributed by atoms with Crippen LogP contribution in [0.1, 0.15) is 21.6 Å². The Kier molecular flexibility index (Phi) is 3.61.